The Morgan fingerprint density at radius 1 is 1.33 bits per heavy atom. The summed E-state index contributed by atoms with van der Waals surface area (Å²) in [5.41, 5.74) is 3.19. The van der Waals surface area contributed by atoms with Gasteiger partial charge in [-0.05, 0) is 42.3 Å². The fourth-order valence-electron chi connectivity index (χ4n) is 1.87. The van der Waals surface area contributed by atoms with E-state index in [-0.39, 0.29) is 5.91 Å². The third-order valence-electron chi connectivity index (χ3n) is 3.05. The third-order valence-corrected chi connectivity index (χ3v) is 3.94. The summed E-state index contributed by atoms with van der Waals surface area (Å²) in [6.45, 7) is 3.17. The SMILES string of the molecule is Cc1cc(NCCC(=O)NCc2cccnc2)ccc1Br. The zero-order valence-electron chi connectivity index (χ0n) is 11.9. The molecule has 2 N–H and O–H groups in total. The summed E-state index contributed by atoms with van der Waals surface area (Å²) in [5, 5.41) is 6.13. The minimum Gasteiger partial charge on any atom is -0.385 e. The van der Waals surface area contributed by atoms with Crippen molar-refractivity contribution < 1.29 is 4.79 Å². The Bertz CT molecular complexity index is 602. The van der Waals surface area contributed by atoms with Crippen molar-refractivity contribution in [3.05, 3.63) is 58.3 Å². The molecule has 0 radical (unpaired) electrons. The van der Waals surface area contributed by atoms with Crippen LogP contribution in [0.3, 0.4) is 0 Å². The summed E-state index contributed by atoms with van der Waals surface area (Å²) in [5.74, 6) is 0.0280. The summed E-state index contributed by atoms with van der Waals surface area (Å²) in [4.78, 5) is 15.8. The van der Waals surface area contributed by atoms with Gasteiger partial charge in [0.15, 0.2) is 0 Å². The summed E-state index contributed by atoms with van der Waals surface area (Å²) in [6, 6.07) is 9.84. The van der Waals surface area contributed by atoms with Crippen molar-refractivity contribution in [2.75, 3.05) is 11.9 Å². The standard InChI is InChI=1S/C16H18BrN3O/c1-12-9-14(4-5-15(12)17)19-8-6-16(21)20-11-13-3-2-7-18-10-13/h2-5,7,9-10,19H,6,8,11H2,1H3,(H,20,21). The molecular formula is C16H18BrN3O. The number of carbonyl (C=O) groups is 1. The average molecular weight is 348 g/mol. The van der Waals surface area contributed by atoms with Crippen LogP contribution >= 0.6 is 15.9 Å². The lowest BCUT2D eigenvalue weighted by atomic mass is 10.2. The van der Waals surface area contributed by atoms with E-state index in [0.29, 0.717) is 19.5 Å². The molecule has 2 rings (SSSR count). The predicted octanol–water partition coefficient (Wildman–Crippen LogP) is 3.27. The maximum atomic E-state index is 11.7. The number of aryl methyl sites for hydroxylation is 1. The van der Waals surface area contributed by atoms with Gasteiger partial charge in [-0.1, -0.05) is 22.0 Å². The highest BCUT2D eigenvalue weighted by atomic mass is 79.9. The third kappa shape index (κ3) is 5.19. The van der Waals surface area contributed by atoms with E-state index in [0.717, 1.165) is 15.7 Å². The molecule has 0 atom stereocenters. The minimum absolute atomic E-state index is 0.0280. The number of anilines is 1. The van der Waals surface area contributed by atoms with Crippen LogP contribution < -0.4 is 10.6 Å². The van der Waals surface area contributed by atoms with Gasteiger partial charge >= 0.3 is 0 Å². The number of benzene rings is 1. The summed E-state index contributed by atoms with van der Waals surface area (Å²) >= 11 is 3.47. The topological polar surface area (TPSA) is 54.0 Å². The number of halogens is 1. The molecule has 1 aromatic heterocycles. The Balaban J connectivity index is 1.70. The number of amides is 1. The maximum Gasteiger partial charge on any atom is 0.222 e. The van der Waals surface area contributed by atoms with Gasteiger partial charge in [0.2, 0.25) is 5.91 Å². The average Bonchev–Trinajstić information content (AvgIpc) is 2.50. The fraction of sp³-hybridized carbons (Fsp3) is 0.250. The summed E-state index contributed by atoms with van der Waals surface area (Å²) in [7, 11) is 0. The number of pyridine rings is 1. The second kappa shape index (κ2) is 7.78. The molecule has 1 heterocycles. The van der Waals surface area contributed by atoms with Gasteiger partial charge < -0.3 is 10.6 Å². The minimum atomic E-state index is 0.0280. The molecule has 0 fully saturated rings. The quantitative estimate of drug-likeness (QED) is 0.843. The molecule has 0 aliphatic carbocycles. The van der Waals surface area contributed by atoms with Crippen molar-refractivity contribution in [3.63, 3.8) is 0 Å². The van der Waals surface area contributed by atoms with Crippen molar-refractivity contribution >= 4 is 27.5 Å². The number of hydrogen-bond acceptors (Lipinski definition) is 3. The molecule has 2 aromatic rings. The molecule has 0 spiro atoms. The normalized spacial score (nSPS) is 10.2. The Morgan fingerprint density at radius 2 is 2.19 bits per heavy atom. The second-order valence-electron chi connectivity index (χ2n) is 4.78. The Hall–Kier alpha value is -1.88. The first kappa shape index (κ1) is 15.5. The van der Waals surface area contributed by atoms with Gasteiger partial charge in [0.25, 0.3) is 0 Å². The van der Waals surface area contributed by atoms with Crippen molar-refractivity contribution in [2.24, 2.45) is 0 Å². The van der Waals surface area contributed by atoms with E-state index in [9.17, 15) is 4.79 Å². The Kier molecular flexibility index (Phi) is 5.75. The lowest BCUT2D eigenvalue weighted by Gasteiger charge is -2.09. The Morgan fingerprint density at radius 3 is 2.90 bits per heavy atom. The van der Waals surface area contributed by atoms with Gasteiger partial charge in [-0.2, -0.15) is 0 Å². The van der Waals surface area contributed by atoms with E-state index in [1.165, 1.54) is 5.56 Å². The van der Waals surface area contributed by atoms with E-state index in [4.69, 9.17) is 0 Å². The van der Waals surface area contributed by atoms with Crippen LogP contribution in [0.5, 0.6) is 0 Å². The smallest absolute Gasteiger partial charge is 0.222 e. The molecule has 0 unspecified atom stereocenters. The molecule has 5 heteroatoms. The van der Waals surface area contributed by atoms with Crippen LogP contribution in [0.4, 0.5) is 5.69 Å². The maximum absolute atomic E-state index is 11.7. The number of nitrogens with zero attached hydrogens (tertiary/aromatic N) is 1. The van der Waals surface area contributed by atoms with Gasteiger partial charge in [0.1, 0.15) is 0 Å². The second-order valence-corrected chi connectivity index (χ2v) is 5.63. The largest absolute Gasteiger partial charge is 0.385 e. The van der Waals surface area contributed by atoms with Crippen LogP contribution in [0.15, 0.2) is 47.2 Å². The summed E-state index contributed by atoms with van der Waals surface area (Å²) in [6.07, 6.45) is 3.91. The van der Waals surface area contributed by atoms with E-state index < -0.39 is 0 Å². The molecule has 1 aromatic carbocycles. The van der Waals surface area contributed by atoms with Gasteiger partial charge in [0.05, 0.1) is 0 Å². The molecule has 0 aliphatic rings. The highest BCUT2D eigenvalue weighted by molar-refractivity contribution is 9.10. The lowest BCUT2D eigenvalue weighted by Crippen LogP contribution is -2.24. The fourth-order valence-corrected chi connectivity index (χ4v) is 2.11. The van der Waals surface area contributed by atoms with Crippen LogP contribution in [-0.2, 0) is 11.3 Å². The summed E-state index contributed by atoms with van der Waals surface area (Å²) < 4.78 is 1.09. The highest BCUT2D eigenvalue weighted by Gasteiger charge is 2.02. The van der Waals surface area contributed by atoms with Crippen LogP contribution in [0, 0.1) is 6.92 Å². The zero-order chi connectivity index (χ0) is 15.1. The number of rotatable bonds is 6. The van der Waals surface area contributed by atoms with Gasteiger partial charge in [-0.15, -0.1) is 0 Å². The molecule has 21 heavy (non-hydrogen) atoms. The molecule has 0 aliphatic heterocycles. The van der Waals surface area contributed by atoms with Crippen LogP contribution in [0.25, 0.3) is 0 Å². The number of nitrogens with one attached hydrogen (secondary N) is 2. The van der Waals surface area contributed by atoms with Crippen LogP contribution in [0.2, 0.25) is 0 Å². The van der Waals surface area contributed by atoms with Crippen molar-refractivity contribution in [2.45, 2.75) is 19.9 Å². The van der Waals surface area contributed by atoms with E-state index in [1.54, 1.807) is 12.4 Å². The van der Waals surface area contributed by atoms with Crippen LogP contribution in [-0.4, -0.2) is 17.4 Å². The number of hydrogen-bond donors (Lipinski definition) is 2. The van der Waals surface area contributed by atoms with Crippen molar-refractivity contribution in [3.8, 4) is 0 Å². The molecular weight excluding hydrogens is 330 g/mol. The van der Waals surface area contributed by atoms with Gasteiger partial charge in [-0.25, -0.2) is 0 Å². The zero-order valence-corrected chi connectivity index (χ0v) is 13.5. The highest BCUT2D eigenvalue weighted by Crippen LogP contribution is 2.19. The van der Waals surface area contributed by atoms with Gasteiger partial charge in [0, 0.05) is 42.1 Å². The molecule has 0 saturated heterocycles. The molecule has 110 valence electrons. The van der Waals surface area contributed by atoms with E-state index >= 15 is 0 Å². The lowest BCUT2D eigenvalue weighted by molar-refractivity contribution is -0.121. The molecule has 0 saturated carbocycles. The van der Waals surface area contributed by atoms with E-state index in [1.807, 2.05) is 31.2 Å². The first-order valence-corrected chi connectivity index (χ1v) is 7.60. The van der Waals surface area contributed by atoms with Crippen molar-refractivity contribution in [1.29, 1.82) is 0 Å². The Labute approximate surface area is 133 Å². The monoisotopic (exact) mass is 347 g/mol. The number of aromatic nitrogens is 1. The van der Waals surface area contributed by atoms with E-state index in [2.05, 4.69) is 37.6 Å². The predicted molar refractivity (Wildman–Crippen MR) is 88.1 cm³/mol. The molecule has 0 bridgehead atoms. The number of carbonyl (C=O) groups excluding carboxylic acids is 1. The molecule has 4 nitrogen and oxygen atoms in total. The first-order chi connectivity index (χ1) is 10.1. The van der Waals surface area contributed by atoms with Gasteiger partial charge in [-0.3, -0.25) is 9.78 Å². The van der Waals surface area contributed by atoms with Crippen LogP contribution in [0.1, 0.15) is 17.5 Å². The molecule has 1 amide bonds. The first-order valence-electron chi connectivity index (χ1n) is 6.81. The van der Waals surface area contributed by atoms with Crippen molar-refractivity contribution in [1.82, 2.24) is 10.3 Å².